The van der Waals surface area contributed by atoms with Crippen LogP contribution in [0, 0.1) is 0 Å². The molecule has 0 aromatic carbocycles. The van der Waals surface area contributed by atoms with Crippen LogP contribution in [-0.4, -0.2) is 41.5 Å². The van der Waals surface area contributed by atoms with Gasteiger partial charge in [-0.1, -0.05) is 6.92 Å². The van der Waals surface area contributed by atoms with Crippen molar-refractivity contribution in [3.8, 4) is 0 Å². The number of ether oxygens (including phenoxy) is 1. The first-order valence-corrected chi connectivity index (χ1v) is 5.95. The van der Waals surface area contributed by atoms with E-state index in [1.54, 1.807) is 13.3 Å². The molecule has 0 spiro atoms. The quantitative estimate of drug-likeness (QED) is 0.670. The molecule has 1 aromatic rings. The predicted molar refractivity (Wildman–Crippen MR) is 68.2 cm³/mol. The SMILES string of the molecule is CCC(C)Nc1nncc(NCCCOC)n1. The van der Waals surface area contributed by atoms with Gasteiger partial charge < -0.3 is 15.4 Å². The topological polar surface area (TPSA) is 72.0 Å². The average molecular weight is 239 g/mol. The fraction of sp³-hybridized carbons (Fsp3) is 0.727. The van der Waals surface area contributed by atoms with Crippen LogP contribution in [0.3, 0.4) is 0 Å². The van der Waals surface area contributed by atoms with E-state index in [1.807, 2.05) is 0 Å². The van der Waals surface area contributed by atoms with Gasteiger partial charge in [0.1, 0.15) is 0 Å². The Morgan fingerprint density at radius 2 is 2.29 bits per heavy atom. The second-order valence-electron chi connectivity index (χ2n) is 3.89. The molecule has 0 aliphatic carbocycles. The van der Waals surface area contributed by atoms with Gasteiger partial charge in [0.25, 0.3) is 0 Å². The monoisotopic (exact) mass is 239 g/mol. The van der Waals surface area contributed by atoms with Crippen molar-refractivity contribution in [1.82, 2.24) is 15.2 Å². The van der Waals surface area contributed by atoms with Crippen LogP contribution < -0.4 is 10.6 Å². The summed E-state index contributed by atoms with van der Waals surface area (Å²) in [7, 11) is 1.69. The predicted octanol–water partition coefficient (Wildman–Crippen LogP) is 1.53. The number of anilines is 2. The van der Waals surface area contributed by atoms with E-state index in [1.165, 1.54) is 0 Å². The van der Waals surface area contributed by atoms with Gasteiger partial charge >= 0.3 is 0 Å². The summed E-state index contributed by atoms with van der Waals surface area (Å²) < 4.78 is 4.97. The zero-order chi connectivity index (χ0) is 12.5. The molecule has 0 amide bonds. The van der Waals surface area contributed by atoms with Crippen molar-refractivity contribution in [3.63, 3.8) is 0 Å². The molecule has 0 radical (unpaired) electrons. The van der Waals surface area contributed by atoms with Gasteiger partial charge in [-0.15, -0.1) is 5.10 Å². The van der Waals surface area contributed by atoms with Crippen LogP contribution in [-0.2, 0) is 4.74 Å². The fourth-order valence-electron chi connectivity index (χ4n) is 1.21. The molecule has 1 aromatic heterocycles. The molecular formula is C11H21N5O. The second kappa shape index (κ2) is 7.78. The molecule has 1 atom stereocenters. The molecular weight excluding hydrogens is 218 g/mol. The summed E-state index contributed by atoms with van der Waals surface area (Å²) in [6.45, 7) is 5.75. The third kappa shape index (κ3) is 5.44. The first-order chi connectivity index (χ1) is 8.26. The van der Waals surface area contributed by atoms with Crippen LogP contribution in [0.2, 0.25) is 0 Å². The number of nitrogens with one attached hydrogen (secondary N) is 2. The number of rotatable bonds is 8. The maximum Gasteiger partial charge on any atom is 0.244 e. The molecule has 0 saturated carbocycles. The van der Waals surface area contributed by atoms with E-state index < -0.39 is 0 Å². The Bertz CT molecular complexity index is 320. The standard InChI is InChI=1S/C11H21N5O/c1-4-9(2)14-11-15-10(8-13-16-11)12-6-5-7-17-3/h8-9H,4-7H2,1-3H3,(H2,12,14,15,16). The Balaban J connectivity index is 2.42. The Morgan fingerprint density at radius 3 is 3.00 bits per heavy atom. The van der Waals surface area contributed by atoms with E-state index in [2.05, 4.69) is 39.7 Å². The van der Waals surface area contributed by atoms with Crippen LogP contribution in [0.25, 0.3) is 0 Å². The van der Waals surface area contributed by atoms with Crippen LogP contribution in [0.15, 0.2) is 6.20 Å². The highest BCUT2D eigenvalue weighted by Crippen LogP contribution is 2.05. The zero-order valence-electron chi connectivity index (χ0n) is 10.7. The first kappa shape index (κ1) is 13.6. The Kier molecular flexibility index (Phi) is 6.24. The molecule has 1 rings (SSSR count). The van der Waals surface area contributed by atoms with E-state index in [9.17, 15) is 0 Å². The van der Waals surface area contributed by atoms with Crippen LogP contribution in [0.1, 0.15) is 26.7 Å². The maximum atomic E-state index is 4.97. The lowest BCUT2D eigenvalue weighted by atomic mass is 10.3. The van der Waals surface area contributed by atoms with Crippen LogP contribution in [0.5, 0.6) is 0 Å². The van der Waals surface area contributed by atoms with Crippen LogP contribution >= 0.6 is 0 Å². The number of hydrogen-bond acceptors (Lipinski definition) is 6. The molecule has 17 heavy (non-hydrogen) atoms. The summed E-state index contributed by atoms with van der Waals surface area (Å²) in [6, 6.07) is 0.348. The minimum Gasteiger partial charge on any atom is -0.385 e. The molecule has 6 nitrogen and oxygen atoms in total. The maximum absolute atomic E-state index is 4.97. The molecule has 1 unspecified atom stereocenters. The normalized spacial score (nSPS) is 12.2. The summed E-state index contributed by atoms with van der Waals surface area (Å²) in [5.74, 6) is 1.30. The van der Waals surface area contributed by atoms with Gasteiger partial charge in [0, 0.05) is 26.3 Å². The molecule has 0 fully saturated rings. The number of hydrogen-bond donors (Lipinski definition) is 2. The van der Waals surface area contributed by atoms with Gasteiger partial charge in [-0.05, 0) is 19.8 Å². The molecule has 0 bridgehead atoms. The molecule has 1 heterocycles. The zero-order valence-corrected chi connectivity index (χ0v) is 10.7. The van der Waals surface area contributed by atoms with Crippen molar-refractivity contribution in [2.24, 2.45) is 0 Å². The summed E-state index contributed by atoms with van der Waals surface area (Å²) in [4.78, 5) is 4.32. The van der Waals surface area contributed by atoms with Crippen molar-refractivity contribution in [1.29, 1.82) is 0 Å². The van der Waals surface area contributed by atoms with Gasteiger partial charge in [0.15, 0.2) is 5.82 Å². The largest absolute Gasteiger partial charge is 0.385 e. The minimum absolute atomic E-state index is 0.348. The smallest absolute Gasteiger partial charge is 0.244 e. The number of aromatic nitrogens is 3. The van der Waals surface area contributed by atoms with Crippen LogP contribution in [0.4, 0.5) is 11.8 Å². The van der Waals surface area contributed by atoms with Gasteiger partial charge in [-0.2, -0.15) is 10.1 Å². The average Bonchev–Trinajstić information content (AvgIpc) is 2.35. The lowest BCUT2D eigenvalue weighted by Crippen LogP contribution is -2.17. The second-order valence-corrected chi connectivity index (χ2v) is 3.89. The van der Waals surface area contributed by atoms with Crippen molar-refractivity contribution in [2.45, 2.75) is 32.7 Å². The third-order valence-electron chi connectivity index (χ3n) is 2.38. The number of nitrogens with zero attached hydrogens (tertiary/aromatic N) is 3. The fourth-order valence-corrected chi connectivity index (χ4v) is 1.21. The minimum atomic E-state index is 0.348. The molecule has 96 valence electrons. The Morgan fingerprint density at radius 1 is 1.47 bits per heavy atom. The van der Waals surface area contributed by atoms with E-state index in [0.29, 0.717) is 12.0 Å². The van der Waals surface area contributed by atoms with Crippen molar-refractivity contribution in [2.75, 3.05) is 30.9 Å². The highest BCUT2D eigenvalue weighted by molar-refractivity contribution is 5.37. The van der Waals surface area contributed by atoms with Crippen molar-refractivity contribution >= 4 is 11.8 Å². The van der Waals surface area contributed by atoms with E-state index >= 15 is 0 Å². The van der Waals surface area contributed by atoms with Gasteiger partial charge in [0.2, 0.25) is 5.95 Å². The van der Waals surface area contributed by atoms with Gasteiger partial charge in [-0.3, -0.25) is 0 Å². The summed E-state index contributed by atoms with van der Waals surface area (Å²) in [6.07, 6.45) is 3.58. The molecule has 2 N–H and O–H groups in total. The Hall–Kier alpha value is -1.43. The first-order valence-electron chi connectivity index (χ1n) is 5.95. The van der Waals surface area contributed by atoms with E-state index in [-0.39, 0.29) is 0 Å². The van der Waals surface area contributed by atoms with Crippen molar-refractivity contribution < 1.29 is 4.74 Å². The van der Waals surface area contributed by atoms with E-state index in [4.69, 9.17) is 4.74 Å². The number of methoxy groups -OCH3 is 1. The highest BCUT2D eigenvalue weighted by Gasteiger charge is 2.03. The van der Waals surface area contributed by atoms with Crippen molar-refractivity contribution in [3.05, 3.63) is 6.20 Å². The molecule has 6 heteroatoms. The van der Waals surface area contributed by atoms with Gasteiger partial charge in [0.05, 0.1) is 6.20 Å². The molecule has 0 aliphatic rings. The third-order valence-corrected chi connectivity index (χ3v) is 2.38. The molecule has 0 aliphatic heterocycles. The molecule has 0 saturated heterocycles. The van der Waals surface area contributed by atoms with E-state index in [0.717, 1.165) is 31.8 Å². The summed E-state index contributed by atoms with van der Waals surface area (Å²) in [5, 5.41) is 14.2. The summed E-state index contributed by atoms with van der Waals surface area (Å²) in [5.41, 5.74) is 0. The highest BCUT2D eigenvalue weighted by atomic mass is 16.5. The summed E-state index contributed by atoms with van der Waals surface area (Å²) >= 11 is 0. The Labute approximate surface area is 102 Å². The van der Waals surface area contributed by atoms with Gasteiger partial charge in [-0.25, -0.2) is 0 Å². The lowest BCUT2D eigenvalue weighted by molar-refractivity contribution is 0.197. The lowest BCUT2D eigenvalue weighted by Gasteiger charge is -2.11.